The van der Waals surface area contributed by atoms with Crippen LogP contribution in [0.5, 0.6) is 0 Å². The van der Waals surface area contributed by atoms with Crippen LogP contribution < -0.4 is 10.5 Å². The normalized spacial score (nSPS) is 21.4. The van der Waals surface area contributed by atoms with Crippen LogP contribution in [0.2, 0.25) is 0 Å². The predicted molar refractivity (Wildman–Crippen MR) is 159 cm³/mol. The maximum Gasteiger partial charge on any atom is 0.335 e. The van der Waals surface area contributed by atoms with Crippen molar-refractivity contribution in [1.29, 1.82) is 0 Å². The van der Waals surface area contributed by atoms with Gasteiger partial charge in [0.15, 0.2) is 23.1 Å². The highest BCUT2D eigenvalue weighted by Crippen LogP contribution is 2.41. The van der Waals surface area contributed by atoms with Crippen LogP contribution in [0.25, 0.3) is 27.4 Å². The first-order chi connectivity index (χ1) is 22.2. The van der Waals surface area contributed by atoms with Gasteiger partial charge in [-0.15, -0.1) is 11.3 Å². The van der Waals surface area contributed by atoms with Gasteiger partial charge in [-0.05, 0) is 30.3 Å². The Kier molecular flexibility index (Phi) is 9.59. The second-order valence-electron chi connectivity index (χ2n) is 9.97. The van der Waals surface area contributed by atoms with Crippen LogP contribution in [0.3, 0.4) is 0 Å². The van der Waals surface area contributed by atoms with E-state index in [1.807, 2.05) is 4.72 Å². The van der Waals surface area contributed by atoms with Crippen LogP contribution >= 0.6 is 11.3 Å². The van der Waals surface area contributed by atoms with Crippen molar-refractivity contribution in [2.45, 2.75) is 35.6 Å². The van der Waals surface area contributed by atoms with Crippen molar-refractivity contribution < 1.29 is 56.3 Å². The van der Waals surface area contributed by atoms with Crippen LogP contribution in [0.4, 0.5) is 24.8 Å². The summed E-state index contributed by atoms with van der Waals surface area (Å²) in [4.78, 5) is 22.7. The summed E-state index contributed by atoms with van der Waals surface area (Å²) in [7, 11) is -4.94. The third-order valence-electron chi connectivity index (χ3n) is 6.76. The number of sulfonamides is 1. The van der Waals surface area contributed by atoms with Gasteiger partial charge in [0.05, 0.1) is 28.6 Å². The fourth-order valence-corrected chi connectivity index (χ4v) is 6.69. The summed E-state index contributed by atoms with van der Waals surface area (Å²) >= 11 is 0.919. The Balaban J connectivity index is 1.49. The highest BCUT2D eigenvalue weighted by molar-refractivity contribution is 7.92. The first-order valence-electron chi connectivity index (χ1n) is 13.3. The average molecular weight is 696 g/mol. The van der Waals surface area contributed by atoms with Gasteiger partial charge >= 0.3 is 5.97 Å². The van der Waals surface area contributed by atoms with Crippen molar-refractivity contribution in [1.82, 2.24) is 15.0 Å². The van der Waals surface area contributed by atoms with Crippen LogP contribution in [-0.2, 0) is 24.3 Å². The number of rotatable bonds is 10. The summed E-state index contributed by atoms with van der Waals surface area (Å²) in [5.41, 5.74) is 5.01. The lowest BCUT2D eigenvalue weighted by Crippen LogP contribution is -2.60. The topological polar surface area (TPSA) is 227 Å². The largest absolute Gasteiger partial charge is 0.479 e. The monoisotopic (exact) mass is 695 g/mol. The maximum absolute atomic E-state index is 16.0. The number of carboxylic acid groups (broad SMARTS) is 1. The first-order valence-corrected chi connectivity index (χ1v) is 15.6. The second-order valence-corrected chi connectivity index (χ2v) is 12.6. The van der Waals surface area contributed by atoms with Crippen molar-refractivity contribution in [3.05, 3.63) is 77.7 Å². The van der Waals surface area contributed by atoms with E-state index in [2.05, 4.69) is 21.5 Å². The highest BCUT2D eigenvalue weighted by Gasteiger charge is 2.47. The number of anilines is 2. The van der Waals surface area contributed by atoms with E-state index >= 15 is 4.39 Å². The molecule has 0 bridgehead atoms. The first kappa shape index (κ1) is 33.9. The number of carbonyl (C=O) groups is 1. The Labute approximate surface area is 267 Å². The van der Waals surface area contributed by atoms with E-state index in [4.69, 9.17) is 15.2 Å². The number of thiazole rings is 1. The Morgan fingerprint density at radius 3 is 2.38 bits per heavy atom. The molecule has 0 amide bonds. The second kappa shape index (κ2) is 13.3. The van der Waals surface area contributed by atoms with Crippen molar-refractivity contribution in [2.24, 2.45) is 0 Å². The predicted octanol–water partition coefficient (Wildman–Crippen LogP) is 1.99. The number of nitrogens with one attached hydrogen (secondary N) is 1. The molecule has 0 saturated carbocycles. The van der Waals surface area contributed by atoms with Gasteiger partial charge in [-0.25, -0.2) is 41.3 Å². The van der Waals surface area contributed by atoms with Crippen LogP contribution in [0.15, 0.2) is 60.1 Å². The zero-order valence-electron chi connectivity index (χ0n) is 23.6. The molecule has 5 rings (SSSR count). The molecule has 19 heteroatoms. The molecule has 2 aromatic heterocycles. The number of ether oxygens (including phenoxy) is 2. The molecule has 1 saturated heterocycles. The van der Waals surface area contributed by atoms with E-state index in [1.54, 1.807) is 0 Å². The number of nitrogen functional groups attached to an aromatic ring is 1. The molecule has 248 valence electrons. The summed E-state index contributed by atoms with van der Waals surface area (Å²) < 4.78 is 82.7. The summed E-state index contributed by atoms with van der Waals surface area (Å²) in [5.74, 6) is -5.70. The number of aliphatic hydroxyl groups excluding tert-OH is 3. The minimum absolute atomic E-state index is 0.0849. The Bertz CT molecular complexity index is 1940. The molecule has 0 spiro atoms. The van der Waals surface area contributed by atoms with Gasteiger partial charge in [-0.2, -0.15) is 0 Å². The number of hydrogen-bond acceptors (Lipinski definition) is 13. The molecular weight excluding hydrogens is 671 g/mol. The molecule has 1 fully saturated rings. The molecule has 3 heterocycles. The van der Waals surface area contributed by atoms with Crippen LogP contribution in [-0.4, -0.2) is 87.1 Å². The summed E-state index contributed by atoms with van der Waals surface area (Å²) in [6.45, 7) is 3.40. The molecular formula is C28H24F3N5O9S2. The van der Waals surface area contributed by atoms with E-state index in [9.17, 15) is 42.4 Å². The zero-order valence-corrected chi connectivity index (χ0v) is 25.3. The molecule has 5 atom stereocenters. The molecule has 5 unspecified atom stereocenters. The van der Waals surface area contributed by atoms with Gasteiger partial charge in [0.2, 0.25) is 5.95 Å². The summed E-state index contributed by atoms with van der Waals surface area (Å²) in [6.07, 6.45) is -7.96. The Morgan fingerprint density at radius 2 is 1.72 bits per heavy atom. The smallest absolute Gasteiger partial charge is 0.335 e. The summed E-state index contributed by atoms with van der Waals surface area (Å²) in [5, 5.41) is 39.6. The fourth-order valence-electron chi connectivity index (χ4n) is 4.49. The fraction of sp³-hybridized carbons (Fsp3) is 0.214. The lowest BCUT2D eigenvalue weighted by Gasteiger charge is -2.38. The number of aliphatic carboxylic acids is 1. The van der Waals surface area contributed by atoms with Crippen molar-refractivity contribution in [2.75, 3.05) is 17.1 Å². The van der Waals surface area contributed by atoms with Gasteiger partial charge in [-0.1, -0.05) is 18.7 Å². The van der Waals surface area contributed by atoms with Gasteiger partial charge < -0.3 is 35.6 Å². The number of aliphatic hydroxyl groups is 3. The molecule has 4 aromatic rings. The number of halogens is 3. The van der Waals surface area contributed by atoms with Gasteiger partial charge in [-0.3, -0.25) is 4.72 Å². The van der Waals surface area contributed by atoms with E-state index in [1.165, 1.54) is 24.4 Å². The van der Waals surface area contributed by atoms with Crippen LogP contribution in [0, 0.1) is 17.5 Å². The molecule has 1 aliphatic rings. The van der Waals surface area contributed by atoms with Crippen molar-refractivity contribution in [3.8, 4) is 21.8 Å². The van der Waals surface area contributed by atoms with Gasteiger partial charge in [0.1, 0.15) is 35.0 Å². The number of benzene rings is 2. The SMILES string of the molecule is C=C(COC1OC(C(=O)O)C(O)C(O)C1O)c1nc(-c2cccc(NS(=O)(=O)c3c(F)cccc3F)c2F)c(-c2ccnc(N)n2)s1. The van der Waals surface area contributed by atoms with Gasteiger partial charge in [0, 0.05) is 17.3 Å². The zero-order chi connectivity index (χ0) is 34.2. The van der Waals surface area contributed by atoms with Crippen LogP contribution in [0.1, 0.15) is 5.01 Å². The number of nitrogens with two attached hydrogens (primary N) is 1. The number of hydrogen-bond donors (Lipinski definition) is 6. The average Bonchev–Trinajstić information content (AvgIpc) is 3.45. The number of nitrogens with zero attached hydrogens (tertiary/aromatic N) is 3. The third-order valence-corrected chi connectivity index (χ3v) is 9.35. The maximum atomic E-state index is 16.0. The Morgan fingerprint density at radius 1 is 1.04 bits per heavy atom. The minimum atomic E-state index is -4.94. The van der Waals surface area contributed by atoms with E-state index in [0.29, 0.717) is 0 Å². The van der Waals surface area contributed by atoms with Gasteiger partial charge in [0.25, 0.3) is 10.0 Å². The molecule has 1 aliphatic heterocycles. The molecule has 47 heavy (non-hydrogen) atoms. The Hall–Kier alpha value is -4.50. The van der Waals surface area contributed by atoms with Crippen molar-refractivity contribution in [3.63, 3.8) is 0 Å². The lowest BCUT2D eigenvalue weighted by atomic mass is 9.99. The van der Waals surface area contributed by atoms with E-state index < -0.39 is 81.3 Å². The quantitative estimate of drug-likeness (QED) is 0.140. The van der Waals surface area contributed by atoms with E-state index in [0.717, 1.165) is 35.6 Å². The lowest BCUT2D eigenvalue weighted by molar-refractivity contribution is -0.290. The molecule has 2 aromatic carbocycles. The highest BCUT2D eigenvalue weighted by atomic mass is 32.2. The minimum Gasteiger partial charge on any atom is -0.479 e. The molecule has 7 N–H and O–H groups in total. The van der Waals surface area contributed by atoms with E-state index in [-0.39, 0.29) is 38.4 Å². The standard InChI is InChI=1S/C28H24F3N5O9S2/c1-11(10-44-27-21(39)19(37)20(38)22(45-27)26(40)41)25-35-18(23(46-25)16-8-9-33-28(32)34-16)12-4-2-7-15(17(12)31)36-47(42,43)24-13(29)5-3-6-14(24)30/h2-9,19-22,27,36-39H,1,10H2,(H,40,41)(H2,32,33,34). The third kappa shape index (κ3) is 6.81. The molecule has 0 radical (unpaired) electrons. The molecule has 0 aliphatic carbocycles. The molecule has 14 nitrogen and oxygen atoms in total. The summed E-state index contributed by atoms with van der Waals surface area (Å²) in [6, 6.07) is 7.42. The number of aromatic nitrogens is 3. The number of carboxylic acids is 1. The van der Waals surface area contributed by atoms with Crippen molar-refractivity contribution >= 4 is 44.5 Å².